The number of hydrogen-bond donors (Lipinski definition) is 2. The van der Waals surface area contributed by atoms with Crippen molar-refractivity contribution in [2.24, 2.45) is 0 Å². The molecule has 0 unspecified atom stereocenters. The summed E-state index contributed by atoms with van der Waals surface area (Å²) in [5.74, 6) is 0.332. The monoisotopic (exact) mass is 464 g/mol. The third-order valence-corrected chi connectivity index (χ3v) is 6.22. The van der Waals surface area contributed by atoms with Crippen LogP contribution in [0.5, 0.6) is 0 Å². The van der Waals surface area contributed by atoms with Crippen molar-refractivity contribution in [3.63, 3.8) is 0 Å². The summed E-state index contributed by atoms with van der Waals surface area (Å²) in [6, 6.07) is 15.9. The van der Waals surface area contributed by atoms with Crippen LogP contribution >= 0.6 is 11.6 Å². The van der Waals surface area contributed by atoms with Crippen LogP contribution in [0.25, 0.3) is 17.0 Å². The summed E-state index contributed by atoms with van der Waals surface area (Å²) in [6.45, 7) is 5.99. The normalized spacial score (nSPS) is 15.6. The Morgan fingerprint density at radius 2 is 1.91 bits per heavy atom. The summed E-state index contributed by atoms with van der Waals surface area (Å²) in [5, 5.41) is 7.87. The predicted molar refractivity (Wildman–Crippen MR) is 129 cm³/mol. The van der Waals surface area contributed by atoms with Gasteiger partial charge in [0.05, 0.1) is 42.2 Å². The van der Waals surface area contributed by atoms with Gasteiger partial charge in [-0.05, 0) is 24.6 Å². The second-order valence-corrected chi connectivity index (χ2v) is 8.57. The molecule has 0 saturated carbocycles. The van der Waals surface area contributed by atoms with Crippen LogP contribution in [0.4, 0.5) is 5.69 Å². The first-order chi connectivity index (χ1) is 16.1. The molecule has 33 heavy (non-hydrogen) atoms. The van der Waals surface area contributed by atoms with Gasteiger partial charge in [-0.15, -0.1) is 0 Å². The van der Waals surface area contributed by atoms with Crippen LogP contribution in [0.3, 0.4) is 0 Å². The molecule has 2 aromatic heterocycles. The molecule has 0 aliphatic carbocycles. The Hall–Kier alpha value is -3.20. The number of halogens is 1. The van der Waals surface area contributed by atoms with Crippen molar-refractivity contribution in [2.45, 2.75) is 13.0 Å². The van der Waals surface area contributed by atoms with E-state index in [1.165, 1.54) is 10.2 Å². The van der Waals surface area contributed by atoms with E-state index in [0.29, 0.717) is 11.6 Å². The predicted octanol–water partition coefficient (Wildman–Crippen LogP) is 3.56. The maximum Gasteiger partial charge on any atom is 0.295 e. The van der Waals surface area contributed by atoms with Gasteiger partial charge >= 0.3 is 0 Å². The van der Waals surface area contributed by atoms with E-state index in [0.717, 1.165) is 49.4 Å². The Morgan fingerprint density at radius 3 is 2.67 bits per heavy atom. The zero-order valence-electron chi connectivity index (χ0n) is 18.3. The van der Waals surface area contributed by atoms with Gasteiger partial charge in [-0.2, -0.15) is 9.78 Å². The number of aromatic nitrogens is 4. The Balaban J connectivity index is 1.45. The minimum absolute atomic E-state index is 0.0653. The molecule has 0 radical (unpaired) electrons. The number of fused-ring (bicyclic) bond motifs is 1. The topological polar surface area (TPSA) is 88.1 Å². The molecule has 5 rings (SSSR count). The smallest absolute Gasteiger partial charge is 0.295 e. The van der Waals surface area contributed by atoms with E-state index in [9.17, 15) is 4.79 Å². The average molecular weight is 465 g/mol. The lowest BCUT2D eigenvalue weighted by atomic mass is 10.0. The van der Waals surface area contributed by atoms with Gasteiger partial charge in [-0.1, -0.05) is 53.6 Å². The number of imidazole rings is 1. The van der Waals surface area contributed by atoms with E-state index in [4.69, 9.17) is 16.3 Å². The quantitative estimate of drug-likeness (QED) is 0.453. The van der Waals surface area contributed by atoms with Gasteiger partial charge in [-0.3, -0.25) is 9.69 Å². The van der Waals surface area contributed by atoms with E-state index in [2.05, 4.69) is 56.5 Å². The van der Waals surface area contributed by atoms with Gasteiger partial charge in [0.1, 0.15) is 5.02 Å². The molecule has 9 heteroatoms. The molecule has 1 atom stereocenters. The Morgan fingerprint density at radius 1 is 1.15 bits per heavy atom. The average Bonchev–Trinajstić information content (AvgIpc) is 3.27. The molecular formula is C24H25ClN6O2. The maximum atomic E-state index is 13.1. The van der Waals surface area contributed by atoms with Gasteiger partial charge < -0.3 is 15.0 Å². The first kappa shape index (κ1) is 21.6. The zero-order chi connectivity index (χ0) is 22.8. The summed E-state index contributed by atoms with van der Waals surface area (Å²) in [6.07, 6.45) is 1.58. The van der Waals surface area contributed by atoms with Gasteiger partial charge in [0, 0.05) is 19.6 Å². The molecule has 4 aromatic rings. The number of H-pyrrole nitrogens is 1. The minimum Gasteiger partial charge on any atom is -0.379 e. The third kappa shape index (κ3) is 4.64. The lowest BCUT2D eigenvalue weighted by molar-refractivity contribution is 0.0361. The molecule has 3 heterocycles. The summed E-state index contributed by atoms with van der Waals surface area (Å²) in [5.41, 5.74) is 3.94. The first-order valence-corrected chi connectivity index (χ1v) is 11.3. The molecule has 0 amide bonds. The van der Waals surface area contributed by atoms with E-state index in [-0.39, 0.29) is 11.1 Å². The minimum atomic E-state index is -0.435. The van der Waals surface area contributed by atoms with Crippen LogP contribution in [0.2, 0.25) is 5.02 Å². The molecule has 1 aliphatic heterocycles. The number of para-hydroxylation sites is 2. The number of anilines is 1. The van der Waals surface area contributed by atoms with Crippen molar-refractivity contribution in [3.8, 4) is 5.95 Å². The third-order valence-electron chi connectivity index (χ3n) is 5.85. The van der Waals surface area contributed by atoms with Gasteiger partial charge in [0.25, 0.3) is 5.56 Å². The summed E-state index contributed by atoms with van der Waals surface area (Å²) >= 11 is 6.54. The van der Waals surface area contributed by atoms with Crippen molar-refractivity contribution < 1.29 is 4.74 Å². The molecule has 0 spiro atoms. The van der Waals surface area contributed by atoms with Gasteiger partial charge in [0.15, 0.2) is 0 Å². The van der Waals surface area contributed by atoms with Crippen molar-refractivity contribution in [1.29, 1.82) is 0 Å². The first-order valence-electron chi connectivity index (χ1n) is 10.9. The molecule has 2 N–H and O–H groups in total. The molecule has 1 aliphatic rings. The molecule has 1 saturated heterocycles. The number of rotatable bonds is 6. The van der Waals surface area contributed by atoms with Crippen molar-refractivity contribution in [2.75, 3.05) is 38.2 Å². The number of benzene rings is 2. The van der Waals surface area contributed by atoms with Gasteiger partial charge in [-0.25, -0.2) is 4.98 Å². The van der Waals surface area contributed by atoms with Crippen molar-refractivity contribution >= 4 is 28.3 Å². The number of ether oxygens (including phenoxy) is 1. The highest BCUT2D eigenvalue weighted by Crippen LogP contribution is 2.25. The highest BCUT2D eigenvalue weighted by Gasteiger charge is 2.21. The molecular weight excluding hydrogens is 440 g/mol. The Bertz CT molecular complexity index is 1280. The van der Waals surface area contributed by atoms with Crippen molar-refractivity contribution in [1.82, 2.24) is 24.6 Å². The van der Waals surface area contributed by atoms with Gasteiger partial charge in [0.2, 0.25) is 5.95 Å². The number of morpholine rings is 1. The summed E-state index contributed by atoms with van der Waals surface area (Å²) < 4.78 is 6.68. The SMILES string of the molecule is Cc1ccc([C@@H](CN2CCOCC2)Nc2cnn(-c3nc4ccccc4[nH]3)c(=O)c2Cl)cc1. The van der Waals surface area contributed by atoms with E-state index in [1.807, 2.05) is 24.3 Å². The van der Waals surface area contributed by atoms with E-state index < -0.39 is 5.56 Å². The lowest BCUT2D eigenvalue weighted by Crippen LogP contribution is -2.40. The number of hydrogen-bond acceptors (Lipinski definition) is 6. The van der Waals surface area contributed by atoms with E-state index in [1.54, 1.807) is 6.20 Å². The second-order valence-electron chi connectivity index (χ2n) is 8.19. The van der Waals surface area contributed by atoms with Crippen molar-refractivity contribution in [3.05, 3.63) is 81.2 Å². The Kier molecular flexibility index (Phi) is 6.13. The highest BCUT2D eigenvalue weighted by molar-refractivity contribution is 6.33. The fraction of sp³-hybridized carbons (Fsp3) is 0.292. The highest BCUT2D eigenvalue weighted by atomic mass is 35.5. The Labute approximate surface area is 196 Å². The van der Waals surface area contributed by atoms with Crippen LogP contribution in [0.1, 0.15) is 17.2 Å². The van der Waals surface area contributed by atoms with Crippen LogP contribution in [0, 0.1) is 6.92 Å². The molecule has 2 aromatic carbocycles. The van der Waals surface area contributed by atoms with E-state index >= 15 is 0 Å². The fourth-order valence-electron chi connectivity index (χ4n) is 3.99. The molecule has 170 valence electrons. The maximum absolute atomic E-state index is 13.1. The standard InChI is InChI=1S/C24H25ClN6O2/c1-16-6-8-17(9-7-16)21(15-30-10-12-33-13-11-30)27-20-14-26-31(23(32)22(20)25)24-28-18-4-2-3-5-19(18)29-24/h2-9,14,21,27H,10-13,15H2,1H3,(H,28,29)/t21-/m1/s1. The van der Waals surface area contributed by atoms with Crippen LogP contribution < -0.4 is 10.9 Å². The van der Waals surface area contributed by atoms with Crippen LogP contribution in [-0.4, -0.2) is 57.5 Å². The molecule has 8 nitrogen and oxygen atoms in total. The fourth-order valence-corrected chi connectivity index (χ4v) is 4.17. The number of nitrogens with zero attached hydrogens (tertiary/aromatic N) is 4. The number of aryl methyl sites for hydroxylation is 1. The summed E-state index contributed by atoms with van der Waals surface area (Å²) in [7, 11) is 0. The molecule has 0 bridgehead atoms. The number of aromatic amines is 1. The number of nitrogens with one attached hydrogen (secondary N) is 2. The second kappa shape index (κ2) is 9.35. The lowest BCUT2D eigenvalue weighted by Gasteiger charge is -2.31. The van der Waals surface area contributed by atoms with Crippen LogP contribution in [0.15, 0.2) is 59.5 Å². The van der Waals surface area contributed by atoms with Crippen LogP contribution in [-0.2, 0) is 4.74 Å². The molecule has 1 fully saturated rings. The zero-order valence-corrected chi connectivity index (χ0v) is 19.0. The largest absolute Gasteiger partial charge is 0.379 e. The summed E-state index contributed by atoms with van der Waals surface area (Å²) in [4.78, 5) is 23.0.